The fourth-order valence-electron chi connectivity index (χ4n) is 5.97. The first-order valence-corrected chi connectivity index (χ1v) is 14.6. The molecular weight excluding hydrogens is 579 g/mol. The summed E-state index contributed by atoms with van der Waals surface area (Å²) in [5.41, 5.74) is 9.49. The molecule has 1 fully saturated rings. The zero-order valence-corrected chi connectivity index (χ0v) is 24.9. The maximum Gasteiger partial charge on any atom is 0.345 e. The molecule has 0 spiro atoms. The van der Waals surface area contributed by atoms with Gasteiger partial charge >= 0.3 is 6.03 Å². The van der Waals surface area contributed by atoms with Crippen LogP contribution < -0.4 is 15.8 Å². The number of ether oxygens (including phenoxy) is 1. The molecular formula is C31H33FN10O3. The van der Waals surface area contributed by atoms with Gasteiger partial charge in [0, 0.05) is 25.7 Å². The number of hydrogen-bond acceptors (Lipinski definition) is 9. The topological polar surface area (TPSA) is 159 Å². The van der Waals surface area contributed by atoms with Crippen LogP contribution in [0.1, 0.15) is 47.6 Å². The minimum atomic E-state index is -0.519. The number of fused-ring (bicyclic) bond motifs is 1. The number of benzene rings is 2. The number of nitrogens with one attached hydrogen (secondary N) is 1. The molecule has 2 unspecified atom stereocenters. The molecule has 1 aliphatic carbocycles. The van der Waals surface area contributed by atoms with Crippen molar-refractivity contribution >= 4 is 28.8 Å². The number of methoxy groups -OCH3 is 1. The number of aromatic nitrogens is 7. The van der Waals surface area contributed by atoms with Crippen LogP contribution >= 0.6 is 0 Å². The Balaban J connectivity index is 1.19. The lowest BCUT2D eigenvalue weighted by Gasteiger charge is -2.32. The summed E-state index contributed by atoms with van der Waals surface area (Å²) >= 11 is 0. The van der Waals surface area contributed by atoms with E-state index in [1.54, 1.807) is 11.9 Å². The SMILES string of the molecule is COc1ccc(F)cc1C(=O)NCc1ccc(-c2nn(C3CCCC(CN(C)C(=O)n4cncn4)C3)c3ncnc(N)c23)cc1. The first kappa shape index (κ1) is 29.7. The third kappa shape index (κ3) is 6.16. The molecule has 0 aliphatic heterocycles. The van der Waals surface area contributed by atoms with Crippen molar-refractivity contribution in [3.05, 3.63) is 78.4 Å². The molecule has 45 heavy (non-hydrogen) atoms. The number of amides is 2. The molecule has 2 aromatic carbocycles. The lowest BCUT2D eigenvalue weighted by atomic mass is 9.85. The Labute approximate surface area is 258 Å². The highest BCUT2D eigenvalue weighted by molar-refractivity contribution is 5.98. The Morgan fingerprint density at radius 3 is 2.71 bits per heavy atom. The number of carbonyl (C=O) groups excluding carboxylic acids is 2. The molecule has 1 aliphatic rings. The summed E-state index contributed by atoms with van der Waals surface area (Å²) in [4.78, 5) is 39.8. The van der Waals surface area contributed by atoms with E-state index in [0.717, 1.165) is 42.9 Å². The number of halogens is 1. The van der Waals surface area contributed by atoms with Gasteiger partial charge in [0.1, 0.15) is 42.1 Å². The Kier molecular flexibility index (Phi) is 8.36. The van der Waals surface area contributed by atoms with Crippen LogP contribution in [-0.4, -0.2) is 72.1 Å². The van der Waals surface area contributed by atoms with E-state index in [1.165, 1.54) is 42.9 Å². The van der Waals surface area contributed by atoms with Gasteiger partial charge in [0.2, 0.25) is 0 Å². The van der Waals surface area contributed by atoms with E-state index in [0.29, 0.717) is 34.8 Å². The van der Waals surface area contributed by atoms with Crippen molar-refractivity contribution in [1.82, 2.24) is 44.7 Å². The van der Waals surface area contributed by atoms with Crippen LogP contribution in [0.5, 0.6) is 5.75 Å². The van der Waals surface area contributed by atoms with Crippen molar-refractivity contribution in [1.29, 1.82) is 0 Å². The standard InChI is InChI=1S/C31H33FN10O3/c1-40(31(44)41-18-34-16-38-41)15-20-4-3-5-23(12-20)42-29-26(28(33)36-17-37-29)27(39-42)21-8-6-19(7-9-21)14-35-30(43)24-13-22(32)10-11-25(24)45-2/h6-11,13,16-18,20,23H,3-5,12,14-15H2,1-2H3,(H,35,43)(H2,33,36,37). The predicted octanol–water partition coefficient (Wildman–Crippen LogP) is 4.08. The Hall–Kier alpha value is -5.40. The zero-order chi connectivity index (χ0) is 31.5. The van der Waals surface area contributed by atoms with Crippen molar-refractivity contribution in [2.24, 2.45) is 5.92 Å². The van der Waals surface area contributed by atoms with E-state index in [9.17, 15) is 14.0 Å². The second-order valence-corrected chi connectivity index (χ2v) is 11.2. The van der Waals surface area contributed by atoms with Crippen molar-refractivity contribution < 1.29 is 18.7 Å². The Bertz CT molecular complexity index is 1820. The molecule has 0 radical (unpaired) electrons. The monoisotopic (exact) mass is 612 g/mol. The largest absolute Gasteiger partial charge is 0.496 e. The third-order valence-corrected chi connectivity index (χ3v) is 8.18. The van der Waals surface area contributed by atoms with E-state index in [4.69, 9.17) is 15.6 Å². The van der Waals surface area contributed by atoms with Gasteiger partial charge in [0.05, 0.1) is 24.1 Å². The normalized spacial score (nSPS) is 16.4. The second kappa shape index (κ2) is 12.7. The third-order valence-electron chi connectivity index (χ3n) is 8.18. The smallest absolute Gasteiger partial charge is 0.345 e. The molecule has 232 valence electrons. The van der Waals surface area contributed by atoms with E-state index < -0.39 is 11.7 Å². The van der Waals surface area contributed by atoms with Crippen LogP contribution in [0.2, 0.25) is 0 Å². The van der Waals surface area contributed by atoms with E-state index in [-0.39, 0.29) is 30.1 Å². The molecule has 1 saturated carbocycles. The second-order valence-electron chi connectivity index (χ2n) is 11.2. The molecule has 13 nitrogen and oxygen atoms in total. The number of hydrogen-bond donors (Lipinski definition) is 2. The first-order chi connectivity index (χ1) is 21.8. The van der Waals surface area contributed by atoms with Gasteiger partial charge in [-0.3, -0.25) is 4.79 Å². The van der Waals surface area contributed by atoms with E-state index in [1.807, 2.05) is 28.9 Å². The summed E-state index contributed by atoms with van der Waals surface area (Å²) in [5, 5.41) is 12.5. The Morgan fingerprint density at radius 2 is 1.96 bits per heavy atom. The molecule has 3 N–H and O–H groups in total. The zero-order valence-electron chi connectivity index (χ0n) is 24.9. The molecule has 0 saturated heterocycles. The molecule has 14 heteroatoms. The summed E-state index contributed by atoms with van der Waals surface area (Å²) in [7, 11) is 3.21. The summed E-state index contributed by atoms with van der Waals surface area (Å²) in [6, 6.07) is 11.3. The van der Waals surface area contributed by atoms with Crippen molar-refractivity contribution in [2.45, 2.75) is 38.3 Å². The summed E-state index contributed by atoms with van der Waals surface area (Å²) in [5.74, 6) is -0.0559. The van der Waals surface area contributed by atoms with Gasteiger partial charge in [-0.1, -0.05) is 30.7 Å². The average molecular weight is 613 g/mol. The van der Waals surface area contributed by atoms with E-state index >= 15 is 0 Å². The predicted molar refractivity (Wildman–Crippen MR) is 164 cm³/mol. The minimum absolute atomic E-state index is 0.0680. The molecule has 0 bridgehead atoms. The fourth-order valence-corrected chi connectivity index (χ4v) is 5.97. The highest BCUT2D eigenvalue weighted by atomic mass is 19.1. The summed E-state index contributed by atoms with van der Waals surface area (Å²) in [6.07, 6.45) is 7.92. The van der Waals surface area contributed by atoms with Gasteiger partial charge < -0.3 is 20.7 Å². The lowest BCUT2D eigenvalue weighted by Crippen LogP contribution is -2.37. The van der Waals surface area contributed by atoms with Crippen molar-refractivity contribution in [3.8, 4) is 17.0 Å². The van der Waals surface area contributed by atoms with Crippen molar-refractivity contribution in [2.75, 3.05) is 26.4 Å². The number of nitrogens with two attached hydrogens (primary N) is 1. The highest BCUT2D eigenvalue weighted by Crippen LogP contribution is 2.38. The lowest BCUT2D eigenvalue weighted by molar-refractivity contribution is 0.0947. The number of nitrogens with zero attached hydrogens (tertiary/aromatic N) is 8. The average Bonchev–Trinajstić information content (AvgIpc) is 3.73. The van der Waals surface area contributed by atoms with E-state index in [2.05, 4.69) is 25.4 Å². The maximum absolute atomic E-state index is 13.7. The highest BCUT2D eigenvalue weighted by Gasteiger charge is 2.29. The number of rotatable bonds is 8. The molecule has 2 atom stereocenters. The van der Waals surface area contributed by atoms with Crippen molar-refractivity contribution in [3.63, 3.8) is 0 Å². The van der Waals surface area contributed by atoms with Crippen LogP contribution in [0.3, 0.4) is 0 Å². The minimum Gasteiger partial charge on any atom is -0.496 e. The van der Waals surface area contributed by atoms with Crippen LogP contribution in [-0.2, 0) is 6.54 Å². The maximum atomic E-state index is 13.7. The van der Waals surface area contributed by atoms with Crippen LogP contribution in [0.4, 0.5) is 15.0 Å². The quantitative estimate of drug-likeness (QED) is 0.263. The fraction of sp³-hybridized carbons (Fsp3) is 0.323. The van der Waals surface area contributed by atoms with Gasteiger partial charge in [0.25, 0.3) is 5.91 Å². The molecule has 5 aromatic rings. The van der Waals surface area contributed by atoms with Gasteiger partial charge in [-0.15, -0.1) is 0 Å². The van der Waals surface area contributed by atoms with Gasteiger partial charge in [-0.05, 0) is 48.9 Å². The molecule has 3 heterocycles. The molecule has 3 aromatic heterocycles. The van der Waals surface area contributed by atoms with Crippen LogP contribution in [0, 0.1) is 11.7 Å². The number of anilines is 1. The van der Waals surface area contributed by atoms with Gasteiger partial charge in [-0.25, -0.2) is 28.8 Å². The van der Waals surface area contributed by atoms with Gasteiger partial charge in [0.15, 0.2) is 5.65 Å². The summed E-state index contributed by atoms with van der Waals surface area (Å²) in [6.45, 7) is 0.818. The Morgan fingerprint density at radius 1 is 1.13 bits per heavy atom. The number of nitrogen functional groups attached to an aromatic ring is 1. The first-order valence-electron chi connectivity index (χ1n) is 14.6. The number of carbonyl (C=O) groups is 2. The van der Waals surface area contributed by atoms with Crippen LogP contribution in [0.15, 0.2) is 61.4 Å². The van der Waals surface area contributed by atoms with Gasteiger partial charge in [-0.2, -0.15) is 14.9 Å². The molecule has 6 rings (SSSR count). The van der Waals surface area contributed by atoms with Crippen LogP contribution in [0.25, 0.3) is 22.3 Å². The summed E-state index contributed by atoms with van der Waals surface area (Å²) < 4.78 is 22.1. The molecule has 2 amide bonds.